The number of nitrogens with zero attached hydrogens (tertiary/aromatic N) is 1. The van der Waals surface area contributed by atoms with Gasteiger partial charge < -0.3 is 5.32 Å². The summed E-state index contributed by atoms with van der Waals surface area (Å²) in [5.74, 6) is 0.874. The lowest BCUT2D eigenvalue weighted by Gasteiger charge is -2.45. The van der Waals surface area contributed by atoms with Crippen molar-refractivity contribution in [2.45, 2.75) is 57.7 Å². The van der Waals surface area contributed by atoms with Gasteiger partial charge in [0.25, 0.3) is 0 Å². The van der Waals surface area contributed by atoms with Gasteiger partial charge in [0.1, 0.15) is 0 Å². The minimum atomic E-state index is 0.506. The summed E-state index contributed by atoms with van der Waals surface area (Å²) in [4.78, 5) is 2.83. The molecule has 1 heterocycles. The quantitative estimate of drug-likeness (QED) is 0.904. The summed E-state index contributed by atoms with van der Waals surface area (Å²) in [6.07, 6.45) is 5.50. The smallest absolute Gasteiger partial charge is 0.0450 e. The Morgan fingerprint density at radius 3 is 2.65 bits per heavy atom. The van der Waals surface area contributed by atoms with Gasteiger partial charge >= 0.3 is 0 Å². The van der Waals surface area contributed by atoms with E-state index < -0.39 is 0 Å². The van der Waals surface area contributed by atoms with Crippen molar-refractivity contribution >= 4 is 0 Å². The summed E-state index contributed by atoms with van der Waals surface area (Å²) in [6, 6.07) is 13.0. The zero-order chi connectivity index (χ0) is 13.9. The largest absolute Gasteiger partial charge is 0.307 e. The highest BCUT2D eigenvalue weighted by Crippen LogP contribution is 2.34. The van der Waals surface area contributed by atoms with Crippen molar-refractivity contribution in [3.63, 3.8) is 0 Å². The molecule has 1 aliphatic heterocycles. The summed E-state index contributed by atoms with van der Waals surface area (Å²) >= 11 is 0. The molecule has 4 unspecified atom stereocenters. The van der Waals surface area contributed by atoms with Crippen LogP contribution in [-0.4, -0.2) is 30.1 Å². The highest BCUT2D eigenvalue weighted by molar-refractivity contribution is 5.20. The van der Waals surface area contributed by atoms with Crippen LogP contribution in [0.2, 0.25) is 0 Å². The maximum absolute atomic E-state index is 3.76. The molecule has 0 aromatic heterocycles. The molecule has 20 heavy (non-hydrogen) atoms. The van der Waals surface area contributed by atoms with Crippen LogP contribution in [0, 0.1) is 5.92 Å². The maximum atomic E-state index is 3.76. The summed E-state index contributed by atoms with van der Waals surface area (Å²) in [5.41, 5.74) is 1.44. The molecule has 1 aromatic carbocycles. The Hall–Kier alpha value is -0.860. The summed E-state index contributed by atoms with van der Waals surface area (Å²) in [6.45, 7) is 7.10. The summed E-state index contributed by atoms with van der Waals surface area (Å²) in [7, 11) is 0. The predicted octanol–water partition coefficient (Wildman–Crippen LogP) is 3.60. The minimum Gasteiger partial charge on any atom is -0.307 e. The van der Waals surface area contributed by atoms with E-state index in [1.807, 2.05) is 0 Å². The molecule has 1 aliphatic carbocycles. The standard InChI is InChI=1S/C18H28N2/c1-3-16-12-19-17(15-9-5-4-6-10-15)13-20(16)18-11-7-8-14(18)2/h4-6,9-10,14,16-19H,3,7-8,11-13H2,1-2H3. The van der Waals surface area contributed by atoms with Gasteiger partial charge in [0.05, 0.1) is 0 Å². The van der Waals surface area contributed by atoms with Crippen LogP contribution in [0.25, 0.3) is 0 Å². The van der Waals surface area contributed by atoms with E-state index in [1.54, 1.807) is 0 Å². The molecule has 2 aliphatic rings. The van der Waals surface area contributed by atoms with E-state index in [4.69, 9.17) is 0 Å². The van der Waals surface area contributed by atoms with Gasteiger partial charge in [-0.3, -0.25) is 4.90 Å². The molecule has 1 N–H and O–H groups in total. The van der Waals surface area contributed by atoms with Gasteiger partial charge in [-0.2, -0.15) is 0 Å². The van der Waals surface area contributed by atoms with Gasteiger partial charge in [-0.05, 0) is 30.7 Å². The van der Waals surface area contributed by atoms with Gasteiger partial charge in [-0.1, -0.05) is 50.6 Å². The number of hydrogen-bond acceptors (Lipinski definition) is 2. The second-order valence-corrected chi connectivity index (χ2v) is 6.61. The Kier molecular flexibility index (Phi) is 4.42. The van der Waals surface area contributed by atoms with Crippen molar-refractivity contribution in [3.05, 3.63) is 35.9 Å². The van der Waals surface area contributed by atoms with Crippen LogP contribution in [0.15, 0.2) is 30.3 Å². The van der Waals surface area contributed by atoms with E-state index in [1.165, 1.54) is 37.8 Å². The first-order chi connectivity index (χ1) is 9.79. The molecule has 110 valence electrons. The molecule has 0 bridgehead atoms. The number of benzene rings is 1. The third-order valence-electron chi connectivity index (χ3n) is 5.38. The first kappa shape index (κ1) is 14.1. The van der Waals surface area contributed by atoms with Gasteiger partial charge in [0.2, 0.25) is 0 Å². The normalized spacial score (nSPS) is 35.3. The van der Waals surface area contributed by atoms with E-state index in [0.717, 1.165) is 24.5 Å². The lowest BCUT2D eigenvalue weighted by Crippen LogP contribution is -2.56. The Balaban J connectivity index is 1.75. The van der Waals surface area contributed by atoms with Crippen molar-refractivity contribution in [1.29, 1.82) is 0 Å². The fraction of sp³-hybridized carbons (Fsp3) is 0.667. The Labute approximate surface area is 123 Å². The molecule has 1 saturated carbocycles. The zero-order valence-corrected chi connectivity index (χ0v) is 12.9. The van der Waals surface area contributed by atoms with E-state index in [-0.39, 0.29) is 0 Å². The van der Waals surface area contributed by atoms with Crippen molar-refractivity contribution in [2.75, 3.05) is 13.1 Å². The molecule has 2 heteroatoms. The monoisotopic (exact) mass is 272 g/mol. The highest BCUT2D eigenvalue weighted by Gasteiger charge is 2.36. The van der Waals surface area contributed by atoms with Crippen LogP contribution in [0.4, 0.5) is 0 Å². The molecule has 0 radical (unpaired) electrons. The lowest BCUT2D eigenvalue weighted by atomic mass is 9.95. The SMILES string of the molecule is CCC1CNC(c2ccccc2)CN1C1CCCC1C. The Morgan fingerprint density at radius 1 is 1.20 bits per heavy atom. The van der Waals surface area contributed by atoms with E-state index in [2.05, 4.69) is 54.4 Å². The average molecular weight is 272 g/mol. The maximum Gasteiger partial charge on any atom is 0.0450 e. The van der Waals surface area contributed by atoms with Crippen LogP contribution in [-0.2, 0) is 0 Å². The van der Waals surface area contributed by atoms with Crippen molar-refractivity contribution < 1.29 is 0 Å². The molecule has 1 saturated heterocycles. The first-order valence-electron chi connectivity index (χ1n) is 8.33. The number of hydrogen-bond donors (Lipinski definition) is 1. The molecular formula is C18H28N2. The summed E-state index contributed by atoms with van der Waals surface area (Å²) < 4.78 is 0. The third kappa shape index (κ3) is 2.77. The van der Waals surface area contributed by atoms with Crippen molar-refractivity contribution in [1.82, 2.24) is 10.2 Å². The van der Waals surface area contributed by atoms with Crippen LogP contribution in [0.3, 0.4) is 0 Å². The molecule has 0 amide bonds. The van der Waals surface area contributed by atoms with E-state index >= 15 is 0 Å². The van der Waals surface area contributed by atoms with E-state index in [0.29, 0.717) is 6.04 Å². The fourth-order valence-electron chi connectivity index (χ4n) is 4.13. The first-order valence-corrected chi connectivity index (χ1v) is 8.33. The molecule has 3 rings (SSSR count). The lowest BCUT2D eigenvalue weighted by molar-refractivity contribution is 0.0630. The molecule has 2 nitrogen and oxygen atoms in total. The van der Waals surface area contributed by atoms with Crippen LogP contribution >= 0.6 is 0 Å². The summed E-state index contributed by atoms with van der Waals surface area (Å²) in [5, 5.41) is 3.76. The Morgan fingerprint density at radius 2 is 2.00 bits per heavy atom. The van der Waals surface area contributed by atoms with Crippen molar-refractivity contribution in [3.8, 4) is 0 Å². The molecule has 4 atom stereocenters. The zero-order valence-electron chi connectivity index (χ0n) is 12.9. The van der Waals surface area contributed by atoms with Gasteiger partial charge in [-0.25, -0.2) is 0 Å². The van der Waals surface area contributed by atoms with Gasteiger partial charge in [-0.15, -0.1) is 0 Å². The average Bonchev–Trinajstić information content (AvgIpc) is 2.93. The molecular weight excluding hydrogens is 244 g/mol. The minimum absolute atomic E-state index is 0.506. The molecule has 2 fully saturated rings. The Bertz CT molecular complexity index is 417. The van der Waals surface area contributed by atoms with Crippen LogP contribution < -0.4 is 5.32 Å². The van der Waals surface area contributed by atoms with E-state index in [9.17, 15) is 0 Å². The molecule has 1 aromatic rings. The topological polar surface area (TPSA) is 15.3 Å². The second kappa shape index (κ2) is 6.28. The van der Waals surface area contributed by atoms with Crippen LogP contribution in [0.5, 0.6) is 0 Å². The number of nitrogens with one attached hydrogen (secondary N) is 1. The highest BCUT2D eigenvalue weighted by atomic mass is 15.3. The molecule has 0 spiro atoms. The van der Waals surface area contributed by atoms with Crippen molar-refractivity contribution in [2.24, 2.45) is 5.92 Å². The fourth-order valence-corrected chi connectivity index (χ4v) is 4.13. The predicted molar refractivity (Wildman–Crippen MR) is 84.8 cm³/mol. The number of piperazine rings is 1. The van der Waals surface area contributed by atoms with Gasteiger partial charge in [0.15, 0.2) is 0 Å². The van der Waals surface area contributed by atoms with Gasteiger partial charge in [0, 0.05) is 31.2 Å². The number of rotatable bonds is 3. The third-order valence-corrected chi connectivity index (χ3v) is 5.38. The second-order valence-electron chi connectivity index (χ2n) is 6.61. The van der Waals surface area contributed by atoms with Crippen LogP contribution in [0.1, 0.15) is 51.1 Å².